The molecule has 0 saturated heterocycles. The highest BCUT2D eigenvalue weighted by atomic mass is 19.4. The molecule has 0 aliphatic rings. The molecule has 2 N–H and O–H groups in total. The fraction of sp³-hybridized carbons (Fsp3) is 0.0870. The molecule has 0 bridgehead atoms. The number of pyridine rings is 1. The molecule has 0 unspecified atom stereocenters. The number of carbonyl (C=O) groups is 1. The molecule has 0 saturated carbocycles. The summed E-state index contributed by atoms with van der Waals surface area (Å²) >= 11 is 0. The summed E-state index contributed by atoms with van der Waals surface area (Å²) in [5, 5.41) is 5.21. The Balaban J connectivity index is 1.56. The molecular weight excluding hydrogens is 435 g/mol. The molecule has 4 aromatic rings. The maximum absolute atomic E-state index is 12.7. The third-order valence-electron chi connectivity index (χ3n) is 4.69. The van der Waals surface area contributed by atoms with Crippen molar-refractivity contribution in [2.24, 2.45) is 0 Å². The molecule has 0 spiro atoms. The van der Waals surface area contributed by atoms with Crippen molar-refractivity contribution in [1.82, 2.24) is 9.97 Å². The second-order valence-electron chi connectivity index (χ2n) is 7.02. The SMILES string of the molecule is Cc1ccc(NC(=O)Nc2ccc(C(F)(F)F)cc2)cc1N(c1cccnc1)c1ncco1. The number of aryl methyl sites for hydroxylation is 1. The molecule has 33 heavy (non-hydrogen) atoms. The van der Waals surface area contributed by atoms with E-state index in [0.29, 0.717) is 23.1 Å². The standard InChI is InChI=1S/C23H18F3N5O2/c1-15-4-7-18(30-21(32)29-17-8-5-16(6-9-17)23(24,25)26)13-20(15)31(22-28-11-12-33-22)19-3-2-10-27-14-19/h2-14H,1H3,(H2,29,30,32). The zero-order valence-corrected chi connectivity index (χ0v) is 17.3. The number of hydrogen-bond donors (Lipinski definition) is 2. The van der Waals surface area contributed by atoms with Crippen LogP contribution in [0.15, 0.2) is 83.9 Å². The zero-order chi connectivity index (χ0) is 23.4. The van der Waals surface area contributed by atoms with Crippen LogP contribution in [0.4, 0.5) is 46.7 Å². The van der Waals surface area contributed by atoms with Crippen LogP contribution in [-0.2, 0) is 6.18 Å². The van der Waals surface area contributed by atoms with Crippen LogP contribution in [0.25, 0.3) is 0 Å². The van der Waals surface area contributed by atoms with E-state index in [1.807, 2.05) is 19.1 Å². The molecule has 168 valence electrons. The molecule has 0 aliphatic heterocycles. The fourth-order valence-electron chi connectivity index (χ4n) is 3.13. The predicted octanol–water partition coefficient (Wildman–Crippen LogP) is 6.51. The van der Waals surface area contributed by atoms with E-state index in [1.54, 1.807) is 35.5 Å². The third-order valence-corrected chi connectivity index (χ3v) is 4.69. The monoisotopic (exact) mass is 453 g/mol. The van der Waals surface area contributed by atoms with E-state index in [9.17, 15) is 18.0 Å². The molecule has 2 aromatic carbocycles. The van der Waals surface area contributed by atoms with E-state index in [2.05, 4.69) is 20.6 Å². The van der Waals surface area contributed by atoms with Gasteiger partial charge < -0.3 is 15.1 Å². The van der Waals surface area contributed by atoms with Gasteiger partial charge in [-0.1, -0.05) is 6.07 Å². The van der Waals surface area contributed by atoms with Crippen LogP contribution >= 0.6 is 0 Å². The Kier molecular flexibility index (Phi) is 5.99. The highest BCUT2D eigenvalue weighted by Gasteiger charge is 2.30. The van der Waals surface area contributed by atoms with Gasteiger partial charge in [0.25, 0.3) is 0 Å². The van der Waals surface area contributed by atoms with Crippen LogP contribution < -0.4 is 15.5 Å². The highest BCUT2D eigenvalue weighted by Crippen LogP contribution is 2.36. The minimum Gasteiger partial charge on any atom is -0.432 e. The predicted molar refractivity (Wildman–Crippen MR) is 118 cm³/mol. The zero-order valence-electron chi connectivity index (χ0n) is 17.3. The Labute approximate surface area is 186 Å². The van der Waals surface area contributed by atoms with E-state index in [0.717, 1.165) is 17.7 Å². The molecule has 2 aromatic heterocycles. The lowest BCUT2D eigenvalue weighted by atomic mass is 10.1. The van der Waals surface area contributed by atoms with Gasteiger partial charge in [-0.05, 0) is 61.0 Å². The third kappa shape index (κ3) is 5.12. The Bertz CT molecular complexity index is 1230. The number of rotatable bonds is 5. The number of nitrogens with one attached hydrogen (secondary N) is 2. The molecule has 2 amide bonds. The summed E-state index contributed by atoms with van der Waals surface area (Å²) in [6, 6.07) is 12.8. The van der Waals surface area contributed by atoms with Gasteiger partial charge in [-0.3, -0.25) is 9.88 Å². The van der Waals surface area contributed by atoms with E-state index in [1.165, 1.54) is 24.6 Å². The maximum Gasteiger partial charge on any atom is 0.416 e. The summed E-state index contributed by atoms with van der Waals surface area (Å²) in [5.41, 5.74) is 2.17. The first-order valence-electron chi connectivity index (χ1n) is 9.77. The molecule has 0 atom stereocenters. The summed E-state index contributed by atoms with van der Waals surface area (Å²) in [6.07, 6.45) is 1.83. The Morgan fingerprint density at radius 3 is 2.36 bits per heavy atom. The highest BCUT2D eigenvalue weighted by molar-refractivity contribution is 6.00. The lowest BCUT2D eigenvalue weighted by molar-refractivity contribution is -0.137. The maximum atomic E-state index is 12.7. The topological polar surface area (TPSA) is 83.3 Å². The summed E-state index contributed by atoms with van der Waals surface area (Å²) in [4.78, 5) is 22.6. The van der Waals surface area contributed by atoms with Gasteiger partial charge >= 0.3 is 18.2 Å². The van der Waals surface area contributed by atoms with Crippen LogP contribution in [-0.4, -0.2) is 16.0 Å². The van der Waals surface area contributed by atoms with Crippen molar-refractivity contribution in [2.75, 3.05) is 15.5 Å². The fourth-order valence-corrected chi connectivity index (χ4v) is 3.13. The molecule has 7 nitrogen and oxygen atoms in total. The van der Waals surface area contributed by atoms with Crippen molar-refractivity contribution in [3.05, 3.63) is 90.6 Å². The van der Waals surface area contributed by atoms with E-state index in [4.69, 9.17) is 4.42 Å². The number of nitrogens with zero attached hydrogens (tertiary/aromatic N) is 3. The molecule has 0 radical (unpaired) electrons. The largest absolute Gasteiger partial charge is 0.432 e. The number of hydrogen-bond acceptors (Lipinski definition) is 5. The minimum absolute atomic E-state index is 0.226. The number of urea groups is 1. The van der Waals surface area contributed by atoms with Crippen molar-refractivity contribution < 1.29 is 22.4 Å². The summed E-state index contributed by atoms with van der Waals surface area (Å²) < 4.78 is 43.6. The van der Waals surface area contributed by atoms with Crippen LogP contribution in [0.3, 0.4) is 0 Å². The van der Waals surface area contributed by atoms with Gasteiger partial charge in [-0.15, -0.1) is 0 Å². The van der Waals surface area contributed by atoms with Gasteiger partial charge in [0.05, 0.1) is 29.3 Å². The van der Waals surface area contributed by atoms with Gasteiger partial charge in [0.15, 0.2) is 0 Å². The first-order valence-corrected chi connectivity index (χ1v) is 9.77. The van der Waals surface area contributed by atoms with Gasteiger partial charge in [-0.25, -0.2) is 9.78 Å². The molecule has 2 heterocycles. The first kappa shape index (κ1) is 21.9. The normalized spacial score (nSPS) is 11.2. The van der Waals surface area contributed by atoms with Crippen LogP contribution in [0, 0.1) is 6.92 Å². The summed E-state index contributed by atoms with van der Waals surface area (Å²) in [7, 11) is 0. The van der Waals surface area contributed by atoms with Crippen molar-refractivity contribution in [2.45, 2.75) is 13.1 Å². The van der Waals surface area contributed by atoms with E-state index in [-0.39, 0.29) is 5.69 Å². The van der Waals surface area contributed by atoms with Crippen LogP contribution in [0.1, 0.15) is 11.1 Å². The second-order valence-corrected chi connectivity index (χ2v) is 7.02. The second kappa shape index (κ2) is 9.03. The average Bonchev–Trinajstić information content (AvgIpc) is 3.31. The lowest BCUT2D eigenvalue weighted by Crippen LogP contribution is -2.20. The van der Waals surface area contributed by atoms with Crippen molar-refractivity contribution in [3.8, 4) is 0 Å². The van der Waals surface area contributed by atoms with Crippen LogP contribution in [0.2, 0.25) is 0 Å². The molecular formula is C23H18F3N5O2. The van der Waals surface area contributed by atoms with E-state index >= 15 is 0 Å². The first-order chi connectivity index (χ1) is 15.8. The number of carbonyl (C=O) groups excluding carboxylic acids is 1. The summed E-state index contributed by atoms with van der Waals surface area (Å²) in [5.74, 6) is 0. The van der Waals surface area contributed by atoms with Crippen molar-refractivity contribution >= 4 is 34.8 Å². The quantitative estimate of drug-likeness (QED) is 0.360. The van der Waals surface area contributed by atoms with E-state index < -0.39 is 17.8 Å². The number of benzene rings is 2. The Morgan fingerprint density at radius 2 is 1.73 bits per heavy atom. The molecule has 4 rings (SSSR count). The van der Waals surface area contributed by atoms with Crippen molar-refractivity contribution in [1.29, 1.82) is 0 Å². The van der Waals surface area contributed by atoms with Gasteiger partial charge in [-0.2, -0.15) is 13.2 Å². The lowest BCUT2D eigenvalue weighted by Gasteiger charge is -2.23. The van der Waals surface area contributed by atoms with Gasteiger partial charge in [0.1, 0.15) is 6.26 Å². The number of amides is 2. The number of anilines is 5. The molecule has 0 fully saturated rings. The smallest absolute Gasteiger partial charge is 0.416 e. The number of oxazole rings is 1. The molecule has 10 heteroatoms. The number of halogens is 3. The Morgan fingerprint density at radius 1 is 1.00 bits per heavy atom. The number of aromatic nitrogens is 2. The summed E-state index contributed by atoms with van der Waals surface area (Å²) in [6.45, 7) is 1.90. The van der Waals surface area contributed by atoms with Gasteiger partial charge in [0, 0.05) is 17.6 Å². The minimum atomic E-state index is -4.44. The van der Waals surface area contributed by atoms with Crippen molar-refractivity contribution in [3.63, 3.8) is 0 Å². The number of alkyl halides is 3. The van der Waals surface area contributed by atoms with Crippen LogP contribution in [0.5, 0.6) is 0 Å². The Hall–Kier alpha value is -4.34. The molecule has 0 aliphatic carbocycles. The van der Waals surface area contributed by atoms with Gasteiger partial charge in [0.2, 0.25) is 0 Å². The average molecular weight is 453 g/mol.